The van der Waals surface area contributed by atoms with E-state index in [-0.39, 0.29) is 0 Å². The Hall–Kier alpha value is -1.13. The van der Waals surface area contributed by atoms with E-state index in [2.05, 4.69) is 17.3 Å². The second kappa shape index (κ2) is 5.57. The van der Waals surface area contributed by atoms with Gasteiger partial charge in [0.1, 0.15) is 5.82 Å². The number of unbranched alkanes of at least 4 members (excludes halogenated alkanes) is 2. The average molecular weight is 203 g/mol. The number of nitrogens with one attached hydrogen (secondary N) is 1. The van der Waals surface area contributed by atoms with Crippen LogP contribution in [0.5, 0.6) is 0 Å². The van der Waals surface area contributed by atoms with Crippen molar-refractivity contribution in [2.24, 2.45) is 0 Å². The fourth-order valence-electron chi connectivity index (χ4n) is 1.13. The van der Waals surface area contributed by atoms with Gasteiger partial charge in [-0.25, -0.2) is 4.68 Å². The Morgan fingerprint density at radius 1 is 1.50 bits per heavy atom. The molecule has 3 nitrogen and oxygen atoms in total. The van der Waals surface area contributed by atoms with Crippen LogP contribution in [0.2, 0.25) is 0 Å². The predicted octanol–water partition coefficient (Wildman–Crippen LogP) is 2.88. The lowest BCUT2D eigenvalue weighted by Gasteiger charge is -2.01. The van der Waals surface area contributed by atoms with Crippen LogP contribution in [0.25, 0.3) is 0 Å². The Kier molecular flexibility index (Phi) is 4.35. The van der Waals surface area contributed by atoms with E-state index in [4.69, 9.17) is 0 Å². The van der Waals surface area contributed by atoms with E-state index in [1.54, 1.807) is 6.07 Å². The SMILES string of the molecule is CCCCCNc1ccn(C(F)F)n1. The number of aromatic nitrogens is 2. The molecular formula is C9H15F2N3. The van der Waals surface area contributed by atoms with Crippen LogP contribution < -0.4 is 5.32 Å². The van der Waals surface area contributed by atoms with Crippen LogP contribution in [0.3, 0.4) is 0 Å². The molecule has 0 atom stereocenters. The Morgan fingerprint density at radius 2 is 2.29 bits per heavy atom. The summed E-state index contributed by atoms with van der Waals surface area (Å²) >= 11 is 0. The van der Waals surface area contributed by atoms with Crippen LogP contribution in [-0.4, -0.2) is 16.3 Å². The van der Waals surface area contributed by atoms with Gasteiger partial charge in [-0.15, -0.1) is 0 Å². The first-order valence-electron chi connectivity index (χ1n) is 4.81. The highest BCUT2D eigenvalue weighted by atomic mass is 19.3. The zero-order valence-corrected chi connectivity index (χ0v) is 8.21. The van der Waals surface area contributed by atoms with Crippen LogP contribution in [0, 0.1) is 0 Å². The quantitative estimate of drug-likeness (QED) is 0.720. The Bertz CT molecular complexity index is 260. The highest BCUT2D eigenvalue weighted by molar-refractivity contribution is 5.31. The van der Waals surface area contributed by atoms with Gasteiger partial charge in [-0.05, 0) is 6.42 Å². The Balaban J connectivity index is 2.29. The van der Waals surface area contributed by atoms with Crippen molar-refractivity contribution in [3.8, 4) is 0 Å². The van der Waals surface area contributed by atoms with Gasteiger partial charge >= 0.3 is 6.55 Å². The third kappa shape index (κ3) is 3.32. The fraction of sp³-hybridized carbons (Fsp3) is 0.667. The summed E-state index contributed by atoms with van der Waals surface area (Å²) in [6, 6.07) is 1.55. The van der Waals surface area contributed by atoms with Gasteiger partial charge in [-0.3, -0.25) is 0 Å². The molecule has 0 saturated heterocycles. The highest BCUT2D eigenvalue weighted by Crippen LogP contribution is 2.11. The van der Waals surface area contributed by atoms with Gasteiger partial charge < -0.3 is 5.32 Å². The lowest BCUT2D eigenvalue weighted by atomic mass is 10.2. The van der Waals surface area contributed by atoms with Gasteiger partial charge in [-0.2, -0.15) is 13.9 Å². The molecule has 0 aliphatic carbocycles. The lowest BCUT2D eigenvalue weighted by molar-refractivity contribution is 0.0569. The summed E-state index contributed by atoms with van der Waals surface area (Å²) in [6.07, 6.45) is 4.60. The van der Waals surface area contributed by atoms with Gasteiger partial charge in [0.2, 0.25) is 0 Å². The van der Waals surface area contributed by atoms with Crippen molar-refractivity contribution in [2.75, 3.05) is 11.9 Å². The summed E-state index contributed by atoms with van der Waals surface area (Å²) in [7, 11) is 0. The molecule has 0 aromatic carbocycles. The number of hydrogen-bond acceptors (Lipinski definition) is 2. The van der Waals surface area contributed by atoms with Crippen molar-refractivity contribution in [3.05, 3.63) is 12.3 Å². The maximum Gasteiger partial charge on any atom is 0.333 e. The highest BCUT2D eigenvalue weighted by Gasteiger charge is 2.06. The standard InChI is InChI=1S/C9H15F2N3/c1-2-3-4-6-12-8-5-7-14(13-8)9(10)11/h5,7,9H,2-4,6H2,1H3,(H,12,13). The maximum absolute atomic E-state index is 12.1. The van der Waals surface area contributed by atoms with Crippen LogP contribution in [-0.2, 0) is 0 Å². The van der Waals surface area contributed by atoms with Crippen molar-refractivity contribution >= 4 is 5.82 Å². The Morgan fingerprint density at radius 3 is 2.86 bits per heavy atom. The minimum absolute atomic E-state index is 0.515. The molecule has 1 N–H and O–H groups in total. The summed E-state index contributed by atoms with van der Waals surface area (Å²) in [5, 5.41) is 6.65. The predicted molar refractivity (Wildman–Crippen MR) is 51.5 cm³/mol. The van der Waals surface area contributed by atoms with Crippen molar-refractivity contribution in [2.45, 2.75) is 32.7 Å². The van der Waals surface area contributed by atoms with E-state index in [9.17, 15) is 8.78 Å². The number of hydrogen-bond donors (Lipinski definition) is 1. The number of alkyl halides is 2. The summed E-state index contributed by atoms with van der Waals surface area (Å²) in [4.78, 5) is 0. The van der Waals surface area contributed by atoms with Gasteiger partial charge in [0.05, 0.1) is 0 Å². The van der Waals surface area contributed by atoms with Crippen molar-refractivity contribution < 1.29 is 8.78 Å². The van der Waals surface area contributed by atoms with Crippen molar-refractivity contribution in [1.82, 2.24) is 9.78 Å². The summed E-state index contributed by atoms with van der Waals surface area (Å²) in [5.74, 6) is 0.515. The minimum atomic E-state index is -2.55. The van der Waals surface area contributed by atoms with Crippen molar-refractivity contribution in [1.29, 1.82) is 0 Å². The van der Waals surface area contributed by atoms with E-state index in [0.717, 1.165) is 25.8 Å². The van der Waals surface area contributed by atoms with Crippen molar-refractivity contribution in [3.63, 3.8) is 0 Å². The zero-order valence-electron chi connectivity index (χ0n) is 8.21. The average Bonchev–Trinajstić information content (AvgIpc) is 2.61. The molecule has 1 aromatic rings. The normalized spacial score (nSPS) is 10.9. The summed E-state index contributed by atoms with van der Waals surface area (Å²) in [5.41, 5.74) is 0. The molecular weight excluding hydrogens is 188 g/mol. The molecule has 0 aliphatic rings. The van der Waals surface area contributed by atoms with Crippen LogP contribution >= 0.6 is 0 Å². The third-order valence-electron chi connectivity index (χ3n) is 1.89. The molecule has 5 heteroatoms. The largest absolute Gasteiger partial charge is 0.369 e. The first-order valence-corrected chi connectivity index (χ1v) is 4.81. The third-order valence-corrected chi connectivity index (χ3v) is 1.89. The van der Waals surface area contributed by atoms with Gasteiger partial charge in [0, 0.05) is 18.8 Å². The van der Waals surface area contributed by atoms with E-state index in [1.165, 1.54) is 6.20 Å². The maximum atomic E-state index is 12.1. The molecule has 0 unspecified atom stereocenters. The first-order chi connectivity index (χ1) is 6.74. The number of nitrogens with zero attached hydrogens (tertiary/aromatic N) is 2. The summed E-state index contributed by atoms with van der Waals surface area (Å²) < 4.78 is 24.8. The molecule has 1 aromatic heterocycles. The molecule has 0 aliphatic heterocycles. The molecule has 0 fully saturated rings. The molecule has 0 spiro atoms. The smallest absolute Gasteiger partial charge is 0.333 e. The first kappa shape index (κ1) is 10.9. The molecule has 14 heavy (non-hydrogen) atoms. The molecule has 1 rings (SSSR count). The van der Waals surface area contributed by atoms with Crippen LogP contribution in [0.15, 0.2) is 12.3 Å². The van der Waals surface area contributed by atoms with E-state index in [1.807, 2.05) is 0 Å². The molecule has 0 radical (unpaired) electrons. The molecule has 0 bridgehead atoms. The topological polar surface area (TPSA) is 29.9 Å². The number of halogens is 2. The fourth-order valence-corrected chi connectivity index (χ4v) is 1.13. The van der Waals surface area contributed by atoms with Crippen LogP contribution in [0.1, 0.15) is 32.7 Å². The molecule has 80 valence electrons. The van der Waals surface area contributed by atoms with Gasteiger partial charge in [-0.1, -0.05) is 19.8 Å². The second-order valence-corrected chi connectivity index (χ2v) is 3.09. The van der Waals surface area contributed by atoms with Crippen LogP contribution in [0.4, 0.5) is 14.6 Å². The van der Waals surface area contributed by atoms with E-state index in [0.29, 0.717) is 10.5 Å². The Labute approximate surface area is 82.1 Å². The number of rotatable bonds is 6. The molecule has 0 saturated carbocycles. The lowest BCUT2D eigenvalue weighted by Crippen LogP contribution is -2.04. The molecule has 1 heterocycles. The monoisotopic (exact) mass is 203 g/mol. The minimum Gasteiger partial charge on any atom is -0.369 e. The van der Waals surface area contributed by atoms with Gasteiger partial charge in [0.15, 0.2) is 0 Å². The van der Waals surface area contributed by atoms with E-state index < -0.39 is 6.55 Å². The molecule has 0 amide bonds. The zero-order chi connectivity index (χ0) is 10.4. The van der Waals surface area contributed by atoms with Gasteiger partial charge in [0.25, 0.3) is 0 Å². The number of anilines is 1. The second-order valence-electron chi connectivity index (χ2n) is 3.09. The summed E-state index contributed by atoms with van der Waals surface area (Å²) in [6.45, 7) is 0.348. The van der Waals surface area contributed by atoms with E-state index >= 15 is 0 Å².